The van der Waals surface area contributed by atoms with Gasteiger partial charge < -0.3 is 19.7 Å². The summed E-state index contributed by atoms with van der Waals surface area (Å²) in [5.74, 6) is 1.06. The number of hydrogen-bond acceptors (Lipinski definition) is 4. The molecule has 0 saturated carbocycles. The molecule has 31 heavy (non-hydrogen) atoms. The van der Waals surface area contributed by atoms with Crippen LogP contribution in [0.3, 0.4) is 0 Å². The molecular weight excluding hydrogens is 392 g/mol. The zero-order valence-corrected chi connectivity index (χ0v) is 17.7. The Morgan fingerprint density at radius 2 is 1.42 bits per heavy atom. The molecule has 0 heterocycles. The first-order valence-electron chi connectivity index (χ1n) is 9.99. The second kappa shape index (κ2) is 10.8. The topological polar surface area (TPSA) is 67.9 Å². The molecule has 0 aromatic heterocycles. The van der Waals surface area contributed by atoms with Crippen molar-refractivity contribution in [1.29, 1.82) is 0 Å². The Morgan fingerprint density at radius 3 is 2.03 bits per heavy atom. The van der Waals surface area contributed by atoms with Crippen LogP contribution < -0.4 is 14.8 Å². The number of ether oxygens (including phenoxy) is 2. The number of amides is 2. The highest BCUT2D eigenvalue weighted by Gasteiger charge is 2.11. The van der Waals surface area contributed by atoms with E-state index in [1.54, 1.807) is 43.3 Å². The summed E-state index contributed by atoms with van der Waals surface area (Å²) in [6.45, 7) is 0.869. The molecule has 0 aliphatic rings. The molecule has 0 spiro atoms. The van der Waals surface area contributed by atoms with Gasteiger partial charge in [-0.15, -0.1) is 0 Å². The van der Waals surface area contributed by atoms with Gasteiger partial charge in [-0.05, 0) is 47.5 Å². The molecule has 0 saturated heterocycles. The van der Waals surface area contributed by atoms with Crippen molar-refractivity contribution in [2.45, 2.75) is 13.2 Å². The van der Waals surface area contributed by atoms with Crippen molar-refractivity contribution in [3.63, 3.8) is 0 Å². The minimum Gasteiger partial charge on any atom is -0.489 e. The first-order valence-corrected chi connectivity index (χ1v) is 9.99. The number of likely N-dealkylation sites (N-methyl/N-ethyl adjacent to an activating group) is 1. The third kappa shape index (κ3) is 6.60. The van der Waals surface area contributed by atoms with Gasteiger partial charge in [-0.1, -0.05) is 42.5 Å². The van der Waals surface area contributed by atoms with Gasteiger partial charge in [0.15, 0.2) is 6.61 Å². The lowest BCUT2D eigenvalue weighted by Gasteiger charge is -2.18. The normalized spacial score (nSPS) is 10.3. The maximum absolute atomic E-state index is 12.4. The molecule has 3 aromatic carbocycles. The van der Waals surface area contributed by atoms with E-state index in [9.17, 15) is 9.59 Å². The van der Waals surface area contributed by atoms with Crippen LogP contribution in [0, 0.1) is 0 Å². The van der Waals surface area contributed by atoms with Crippen molar-refractivity contribution < 1.29 is 19.1 Å². The number of hydrogen-bond donors (Lipinski definition) is 1. The van der Waals surface area contributed by atoms with Crippen LogP contribution in [0.25, 0.3) is 0 Å². The van der Waals surface area contributed by atoms with Gasteiger partial charge in [-0.3, -0.25) is 9.59 Å². The Labute approximate surface area is 182 Å². The molecule has 1 N–H and O–H groups in total. The van der Waals surface area contributed by atoms with E-state index in [-0.39, 0.29) is 18.4 Å². The largest absolute Gasteiger partial charge is 0.489 e. The second-order valence-corrected chi connectivity index (χ2v) is 7.06. The van der Waals surface area contributed by atoms with E-state index >= 15 is 0 Å². The predicted octanol–water partition coefficient (Wildman–Crippen LogP) is 3.66. The fourth-order valence-corrected chi connectivity index (χ4v) is 2.90. The molecule has 6 heteroatoms. The summed E-state index contributed by atoms with van der Waals surface area (Å²) in [6.07, 6.45) is 0. The van der Waals surface area contributed by atoms with Crippen LogP contribution in [0.2, 0.25) is 0 Å². The fraction of sp³-hybridized carbons (Fsp3) is 0.200. The van der Waals surface area contributed by atoms with E-state index in [4.69, 9.17) is 9.47 Å². The molecule has 6 nitrogen and oxygen atoms in total. The van der Waals surface area contributed by atoms with Crippen molar-refractivity contribution in [3.8, 4) is 11.5 Å². The van der Waals surface area contributed by atoms with Crippen LogP contribution in [-0.4, -0.2) is 37.4 Å². The maximum atomic E-state index is 12.4. The highest BCUT2D eigenvalue weighted by molar-refractivity contribution is 5.93. The number of carbonyl (C=O) groups excluding carboxylic acids is 2. The van der Waals surface area contributed by atoms with Crippen LogP contribution in [0.15, 0.2) is 78.9 Å². The quantitative estimate of drug-likeness (QED) is 0.576. The van der Waals surface area contributed by atoms with E-state index in [0.29, 0.717) is 24.5 Å². The average molecular weight is 418 g/mol. The van der Waals surface area contributed by atoms with Gasteiger partial charge in [0.2, 0.25) is 0 Å². The van der Waals surface area contributed by atoms with Gasteiger partial charge in [0.05, 0.1) is 0 Å². The number of rotatable bonds is 9. The van der Waals surface area contributed by atoms with Crippen LogP contribution >= 0.6 is 0 Å². The molecule has 3 rings (SSSR count). The first-order chi connectivity index (χ1) is 15.0. The molecular formula is C25H26N2O4. The average Bonchev–Trinajstić information content (AvgIpc) is 2.82. The monoisotopic (exact) mass is 418 g/mol. The molecule has 0 aliphatic carbocycles. The second-order valence-electron chi connectivity index (χ2n) is 7.06. The molecule has 0 atom stereocenters. The van der Waals surface area contributed by atoms with Crippen LogP contribution in [0.5, 0.6) is 11.5 Å². The van der Waals surface area contributed by atoms with E-state index in [1.165, 1.54) is 0 Å². The van der Waals surface area contributed by atoms with Gasteiger partial charge in [0.1, 0.15) is 18.1 Å². The molecule has 160 valence electrons. The molecule has 0 bridgehead atoms. The summed E-state index contributed by atoms with van der Waals surface area (Å²) in [4.78, 5) is 25.6. The molecule has 0 aliphatic heterocycles. The summed E-state index contributed by atoms with van der Waals surface area (Å²) in [5.41, 5.74) is 2.61. The highest BCUT2D eigenvalue weighted by atomic mass is 16.5. The van der Waals surface area contributed by atoms with Crippen molar-refractivity contribution in [3.05, 3.63) is 95.6 Å². The summed E-state index contributed by atoms with van der Waals surface area (Å²) in [7, 11) is 3.31. The summed E-state index contributed by atoms with van der Waals surface area (Å²) >= 11 is 0. The van der Waals surface area contributed by atoms with Crippen molar-refractivity contribution >= 4 is 11.8 Å². The Balaban J connectivity index is 1.44. The number of nitrogens with zero attached hydrogens (tertiary/aromatic N) is 1. The van der Waals surface area contributed by atoms with Crippen molar-refractivity contribution in [2.75, 3.05) is 20.7 Å². The highest BCUT2D eigenvalue weighted by Crippen LogP contribution is 2.19. The maximum Gasteiger partial charge on any atom is 0.260 e. The number of nitrogens with one attached hydrogen (secondary N) is 1. The Hall–Kier alpha value is -3.80. The molecule has 0 fully saturated rings. The molecule has 0 radical (unpaired) electrons. The Kier molecular flexibility index (Phi) is 7.65. The third-order valence-corrected chi connectivity index (χ3v) is 4.72. The molecule has 0 unspecified atom stereocenters. The van der Waals surface area contributed by atoms with Gasteiger partial charge in [0, 0.05) is 26.2 Å². The third-order valence-electron chi connectivity index (χ3n) is 4.72. The van der Waals surface area contributed by atoms with E-state index < -0.39 is 0 Å². The predicted molar refractivity (Wildman–Crippen MR) is 119 cm³/mol. The zero-order chi connectivity index (χ0) is 22.1. The van der Waals surface area contributed by atoms with Crippen LogP contribution in [0.1, 0.15) is 21.5 Å². The van der Waals surface area contributed by atoms with Gasteiger partial charge >= 0.3 is 0 Å². The SMILES string of the molecule is CNC(=O)c1ccc(CN(C)C(=O)COc2ccc(OCc3ccccc3)cc2)cc1. The van der Waals surface area contributed by atoms with Crippen molar-refractivity contribution in [1.82, 2.24) is 10.2 Å². The lowest BCUT2D eigenvalue weighted by molar-refractivity contribution is -0.132. The van der Waals surface area contributed by atoms with E-state index in [0.717, 1.165) is 16.9 Å². The minimum absolute atomic E-state index is 0.0585. The van der Waals surface area contributed by atoms with Gasteiger partial charge in [0.25, 0.3) is 11.8 Å². The zero-order valence-electron chi connectivity index (χ0n) is 17.7. The van der Waals surface area contributed by atoms with Crippen LogP contribution in [-0.2, 0) is 17.9 Å². The first kappa shape index (κ1) is 21.9. The Morgan fingerprint density at radius 1 is 0.806 bits per heavy atom. The van der Waals surface area contributed by atoms with Crippen LogP contribution in [0.4, 0.5) is 0 Å². The summed E-state index contributed by atoms with van der Waals surface area (Å²) in [6, 6.07) is 24.3. The van der Waals surface area contributed by atoms with E-state index in [2.05, 4.69) is 5.32 Å². The minimum atomic E-state index is -0.139. The summed E-state index contributed by atoms with van der Waals surface area (Å²) in [5, 5.41) is 2.58. The fourth-order valence-electron chi connectivity index (χ4n) is 2.90. The standard InChI is InChI=1S/C25H26N2O4/c1-26-25(29)21-10-8-19(9-11-21)16-27(2)24(28)18-31-23-14-12-22(13-15-23)30-17-20-6-4-3-5-7-20/h3-15H,16-18H2,1-2H3,(H,26,29). The van der Waals surface area contributed by atoms with E-state index in [1.807, 2.05) is 54.6 Å². The lowest BCUT2D eigenvalue weighted by Crippen LogP contribution is -2.31. The van der Waals surface area contributed by atoms with Crippen molar-refractivity contribution in [2.24, 2.45) is 0 Å². The number of carbonyl (C=O) groups is 2. The number of benzene rings is 3. The smallest absolute Gasteiger partial charge is 0.260 e. The molecule has 2 amide bonds. The lowest BCUT2D eigenvalue weighted by atomic mass is 10.1. The van der Waals surface area contributed by atoms with Gasteiger partial charge in [-0.2, -0.15) is 0 Å². The summed E-state index contributed by atoms with van der Waals surface area (Å²) < 4.78 is 11.4. The van der Waals surface area contributed by atoms with Gasteiger partial charge in [-0.25, -0.2) is 0 Å². The molecule has 3 aromatic rings. The Bertz CT molecular complexity index is 986.